The molecule has 25 heavy (non-hydrogen) atoms. The maximum absolute atomic E-state index is 12.3. The Morgan fingerprint density at radius 3 is 2.48 bits per heavy atom. The van der Waals surface area contributed by atoms with Crippen molar-refractivity contribution in [3.63, 3.8) is 0 Å². The summed E-state index contributed by atoms with van der Waals surface area (Å²) in [6.45, 7) is 8.98. The van der Waals surface area contributed by atoms with Gasteiger partial charge in [-0.2, -0.15) is 0 Å². The van der Waals surface area contributed by atoms with Crippen LogP contribution in [0, 0.1) is 6.92 Å². The molecular formula is C18H22ClN5O. The highest BCUT2D eigenvalue weighted by molar-refractivity contribution is 6.31. The van der Waals surface area contributed by atoms with Gasteiger partial charge in [-0.15, -0.1) is 0 Å². The number of benzene rings is 1. The Labute approximate surface area is 152 Å². The third-order valence-corrected chi connectivity index (χ3v) is 4.84. The van der Waals surface area contributed by atoms with Crippen LogP contribution in [-0.4, -0.2) is 53.5 Å². The van der Waals surface area contributed by atoms with Crippen molar-refractivity contribution in [2.24, 2.45) is 0 Å². The molecule has 1 amide bonds. The van der Waals surface area contributed by atoms with Gasteiger partial charge in [-0.1, -0.05) is 24.6 Å². The molecule has 0 saturated carbocycles. The SMILES string of the molecule is CCN1CCN(c2ncc(C(=O)Nc3ccc(C)c(Cl)c3)cn2)CC1. The number of nitrogens with zero attached hydrogens (tertiary/aromatic N) is 4. The van der Waals surface area contributed by atoms with Gasteiger partial charge in [-0.25, -0.2) is 9.97 Å². The van der Waals surface area contributed by atoms with Crippen molar-refractivity contribution in [3.05, 3.63) is 46.7 Å². The minimum Gasteiger partial charge on any atom is -0.338 e. The average molecular weight is 360 g/mol. The molecule has 1 saturated heterocycles. The van der Waals surface area contributed by atoms with Gasteiger partial charge in [0.2, 0.25) is 5.95 Å². The molecule has 6 nitrogen and oxygen atoms in total. The number of amides is 1. The zero-order valence-corrected chi connectivity index (χ0v) is 15.3. The first-order valence-corrected chi connectivity index (χ1v) is 8.81. The predicted molar refractivity (Wildman–Crippen MR) is 101 cm³/mol. The Balaban J connectivity index is 1.63. The number of piperazine rings is 1. The van der Waals surface area contributed by atoms with Crippen molar-refractivity contribution in [1.82, 2.24) is 14.9 Å². The number of hydrogen-bond acceptors (Lipinski definition) is 5. The number of carbonyl (C=O) groups excluding carboxylic acids is 1. The first kappa shape index (κ1) is 17.6. The van der Waals surface area contributed by atoms with E-state index in [-0.39, 0.29) is 5.91 Å². The lowest BCUT2D eigenvalue weighted by Crippen LogP contribution is -2.46. The summed E-state index contributed by atoms with van der Waals surface area (Å²) in [5, 5.41) is 3.44. The van der Waals surface area contributed by atoms with Crippen molar-refractivity contribution >= 4 is 29.1 Å². The van der Waals surface area contributed by atoms with Crippen molar-refractivity contribution in [2.75, 3.05) is 42.9 Å². The topological polar surface area (TPSA) is 61.4 Å². The number of anilines is 2. The van der Waals surface area contributed by atoms with Crippen molar-refractivity contribution in [2.45, 2.75) is 13.8 Å². The minimum atomic E-state index is -0.248. The van der Waals surface area contributed by atoms with Crippen molar-refractivity contribution in [1.29, 1.82) is 0 Å². The van der Waals surface area contributed by atoms with Crippen LogP contribution in [0.1, 0.15) is 22.8 Å². The first-order valence-electron chi connectivity index (χ1n) is 8.43. The summed E-state index contributed by atoms with van der Waals surface area (Å²) < 4.78 is 0. The van der Waals surface area contributed by atoms with E-state index in [4.69, 9.17) is 11.6 Å². The summed E-state index contributed by atoms with van der Waals surface area (Å²) in [5.74, 6) is 0.424. The standard InChI is InChI=1S/C18H22ClN5O/c1-3-23-6-8-24(9-7-23)18-20-11-14(12-21-18)17(25)22-15-5-4-13(2)16(19)10-15/h4-5,10-12H,3,6-9H2,1-2H3,(H,22,25). The van der Waals surface area contributed by atoms with Crippen LogP contribution in [0.3, 0.4) is 0 Å². The Morgan fingerprint density at radius 2 is 1.88 bits per heavy atom. The van der Waals surface area contributed by atoms with Crippen LogP contribution in [0.4, 0.5) is 11.6 Å². The van der Waals surface area contributed by atoms with Crippen LogP contribution >= 0.6 is 11.6 Å². The van der Waals surface area contributed by atoms with Crippen LogP contribution in [0.5, 0.6) is 0 Å². The molecular weight excluding hydrogens is 338 g/mol. The maximum Gasteiger partial charge on any atom is 0.258 e. The highest BCUT2D eigenvalue weighted by Gasteiger charge is 2.18. The number of aromatic nitrogens is 2. The first-order chi connectivity index (χ1) is 12.1. The van der Waals surface area contributed by atoms with Crippen molar-refractivity contribution < 1.29 is 4.79 Å². The van der Waals surface area contributed by atoms with E-state index in [0.29, 0.717) is 22.2 Å². The van der Waals surface area contributed by atoms with Gasteiger partial charge in [0.1, 0.15) is 0 Å². The van der Waals surface area contributed by atoms with E-state index in [1.165, 1.54) is 0 Å². The average Bonchev–Trinajstić information content (AvgIpc) is 2.65. The molecule has 2 aromatic rings. The summed E-state index contributed by atoms with van der Waals surface area (Å²) >= 11 is 6.09. The number of rotatable bonds is 4. The normalized spacial score (nSPS) is 15.2. The molecule has 0 unspecified atom stereocenters. The zero-order valence-electron chi connectivity index (χ0n) is 14.5. The maximum atomic E-state index is 12.3. The lowest BCUT2D eigenvalue weighted by Gasteiger charge is -2.33. The van der Waals surface area contributed by atoms with Crippen LogP contribution in [-0.2, 0) is 0 Å². The van der Waals surface area contributed by atoms with Gasteiger partial charge < -0.3 is 15.1 Å². The highest BCUT2D eigenvalue weighted by atomic mass is 35.5. The van der Waals surface area contributed by atoms with Crippen LogP contribution in [0.15, 0.2) is 30.6 Å². The lowest BCUT2D eigenvalue weighted by molar-refractivity contribution is 0.102. The number of carbonyl (C=O) groups is 1. The summed E-state index contributed by atoms with van der Waals surface area (Å²) in [4.78, 5) is 25.6. The van der Waals surface area contributed by atoms with E-state index in [2.05, 4.69) is 32.0 Å². The highest BCUT2D eigenvalue weighted by Crippen LogP contribution is 2.20. The summed E-state index contributed by atoms with van der Waals surface area (Å²) in [6.07, 6.45) is 3.14. The Morgan fingerprint density at radius 1 is 1.20 bits per heavy atom. The van der Waals surface area contributed by atoms with E-state index in [0.717, 1.165) is 38.3 Å². The lowest BCUT2D eigenvalue weighted by atomic mass is 10.2. The fourth-order valence-corrected chi connectivity index (χ4v) is 2.92. The van der Waals surface area contributed by atoms with Crippen LogP contribution in [0.2, 0.25) is 5.02 Å². The van der Waals surface area contributed by atoms with E-state index in [1.807, 2.05) is 19.1 Å². The molecule has 3 rings (SSSR count). The fourth-order valence-electron chi connectivity index (χ4n) is 2.74. The molecule has 0 bridgehead atoms. The number of nitrogens with one attached hydrogen (secondary N) is 1. The molecule has 7 heteroatoms. The molecule has 2 heterocycles. The number of likely N-dealkylation sites (N-methyl/N-ethyl adjacent to an activating group) is 1. The fraction of sp³-hybridized carbons (Fsp3) is 0.389. The van der Waals surface area contributed by atoms with Gasteiger partial charge in [0.25, 0.3) is 5.91 Å². The minimum absolute atomic E-state index is 0.248. The van der Waals surface area contributed by atoms with Gasteiger partial charge in [-0.3, -0.25) is 4.79 Å². The van der Waals surface area contributed by atoms with Gasteiger partial charge in [0.15, 0.2) is 0 Å². The molecule has 0 atom stereocenters. The molecule has 0 aliphatic carbocycles. The van der Waals surface area contributed by atoms with Gasteiger partial charge in [-0.05, 0) is 31.2 Å². The monoisotopic (exact) mass is 359 g/mol. The Bertz CT molecular complexity index is 742. The second kappa shape index (κ2) is 7.80. The molecule has 1 aliphatic heterocycles. The number of hydrogen-bond donors (Lipinski definition) is 1. The molecule has 1 fully saturated rings. The largest absolute Gasteiger partial charge is 0.338 e. The Kier molecular flexibility index (Phi) is 5.50. The summed E-state index contributed by atoms with van der Waals surface area (Å²) in [5.41, 5.74) is 2.04. The smallest absolute Gasteiger partial charge is 0.258 e. The van der Waals surface area contributed by atoms with Gasteiger partial charge in [0.05, 0.1) is 5.56 Å². The third kappa shape index (κ3) is 4.27. The van der Waals surface area contributed by atoms with Crippen molar-refractivity contribution in [3.8, 4) is 0 Å². The molecule has 0 radical (unpaired) electrons. The second-order valence-electron chi connectivity index (χ2n) is 6.11. The molecule has 1 aromatic heterocycles. The van der Waals surface area contributed by atoms with Crippen LogP contribution in [0.25, 0.3) is 0 Å². The molecule has 0 spiro atoms. The second-order valence-corrected chi connectivity index (χ2v) is 6.52. The predicted octanol–water partition coefficient (Wildman–Crippen LogP) is 2.83. The Hall–Kier alpha value is -2.18. The van der Waals surface area contributed by atoms with E-state index in [9.17, 15) is 4.79 Å². The third-order valence-electron chi connectivity index (χ3n) is 4.43. The quantitative estimate of drug-likeness (QED) is 0.909. The number of aryl methyl sites for hydroxylation is 1. The summed E-state index contributed by atoms with van der Waals surface area (Å²) in [6, 6.07) is 5.42. The molecule has 132 valence electrons. The molecule has 1 N–H and O–H groups in total. The van der Waals surface area contributed by atoms with E-state index >= 15 is 0 Å². The molecule has 1 aliphatic rings. The van der Waals surface area contributed by atoms with Gasteiger partial charge >= 0.3 is 0 Å². The van der Waals surface area contributed by atoms with Gasteiger partial charge in [0, 0.05) is 49.3 Å². The number of halogens is 1. The summed E-state index contributed by atoms with van der Waals surface area (Å²) in [7, 11) is 0. The van der Waals surface area contributed by atoms with E-state index < -0.39 is 0 Å². The molecule has 1 aromatic carbocycles. The van der Waals surface area contributed by atoms with E-state index in [1.54, 1.807) is 18.5 Å². The van der Waals surface area contributed by atoms with Crippen LogP contribution < -0.4 is 10.2 Å². The zero-order chi connectivity index (χ0) is 17.8.